The first-order valence-electron chi connectivity index (χ1n) is 8.16. The lowest BCUT2D eigenvalue weighted by molar-refractivity contribution is -0.144. The standard InChI is InChI=1S/C15H21BN4O4/c17-15(14(21)22)7-9(6-10(15)2-1-4-16(23)24)12-11-3-5-18-13(11)20-8-19-12/h5,8-10,23-24H,1-4,6-7,17H2,(H,21,22)/t9?,10-,15-/m0/s1. The van der Waals surface area contributed by atoms with E-state index >= 15 is 0 Å². The maximum absolute atomic E-state index is 11.8. The Morgan fingerprint density at radius 2 is 2.21 bits per heavy atom. The van der Waals surface area contributed by atoms with Crippen molar-refractivity contribution >= 4 is 25.1 Å². The Hall–Kier alpha value is -1.84. The van der Waals surface area contributed by atoms with Crippen LogP contribution >= 0.6 is 0 Å². The molecule has 1 aromatic heterocycles. The van der Waals surface area contributed by atoms with Gasteiger partial charge in [0.1, 0.15) is 11.9 Å². The minimum atomic E-state index is -1.37. The van der Waals surface area contributed by atoms with Gasteiger partial charge in [0, 0.05) is 24.1 Å². The number of fused-ring (bicyclic) bond motifs is 1. The van der Waals surface area contributed by atoms with Gasteiger partial charge < -0.3 is 20.9 Å². The fraction of sp³-hybridized carbons (Fsp3) is 0.600. The summed E-state index contributed by atoms with van der Waals surface area (Å²) in [5, 5.41) is 27.6. The minimum absolute atomic E-state index is 0.0476. The molecule has 1 fully saturated rings. The Labute approximate surface area is 140 Å². The fourth-order valence-electron chi connectivity index (χ4n) is 3.90. The molecule has 2 aliphatic rings. The highest BCUT2D eigenvalue weighted by Crippen LogP contribution is 2.47. The number of aromatic nitrogens is 2. The van der Waals surface area contributed by atoms with E-state index in [9.17, 15) is 9.90 Å². The second-order valence-electron chi connectivity index (χ2n) is 6.67. The minimum Gasteiger partial charge on any atom is -0.480 e. The van der Waals surface area contributed by atoms with Crippen LogP contribution in [0.4, 0.5) is 5.82 Å². The van der Waals surface area contributed by atoms with Gasteiger partial charge in [-0.1, -0.05) is 6.42 Å². The normalized spacial score (nSPS) is 28.1. The molecular formula is C15H21BN4O4. The molecule has 128 valence electrons. The molecule has 24 heavy (non-hydrogen) atoms. The summed E-state index contributed by atoms with van der Waals surface area (Å²) in [4.78, 5) is 24.5. The number of carboxylic acids is 1. The zero-order valence-electron chi connectivity index (χ0n) is 13.3. The van der Waals surface area contributed by atoms with Gasteiger partial charge in [-0.25, -0.2) is 15.0 Å². The predicted octanol–water partition coefficient (Wildman–Crippen LogP) is 0.264. The molecule has 0 radical (unpaired) electrons. The van der Waals surface area contributed by atoms with Gasteiger partial charge in [0.05, 0.1) is 5.69 Å². The van der Waals surface area contributed by atoms with E-state index in [1.165, 1.54) is 6.33 Å². The van der Waals surface area contributed by atoms with Crippen LogP contribution in [-0.2, 0) is 11.2 Å². The summed E-state index contributed by atoms with van der Waals surface area (Å²) in [5.41, 5.74) is 6.73. The molecule has 9 heteroatoms. The van der Waals surface area contributed by atoms with Gasteiger partial charge in [0.15, 0.2) is 5.82 Å². The Morgan fingerprint density at radius 3 is 2.92 bits per heavy atom. The molecule has 8 nitrogen and oxygen atoms in total. The highest BCUT2D eigenvalue weighted by molar-refractivity contribution is 6.40. The van der Waals surface area contributed by atoms with Gasteiger partial charge in [-0.05, 0) is 31.5 Å². The molecular weight excluding hydrogens is 311 g/mol. The molecule has 5 N–H and O–H groups in total. The molecule has 0 bridgehead atoms. The van der Waals surface area contributed by atoms with Gasteiger partial charge in [-0.2, -0.15) is 0 Å². The van der Waals surface area contributed by atoms with E-state index in [1.807, 2.05) is 0 Å². The number of hydrogen-bond donors (Lipinski definition) is 4. The van der Waals surface area contributed by atoms with Crippen LogP contribution in [0.2, 0.25) is 6.32 Å². The van der Waals surface area contributed by atoms with Crippen molar-refractivity contribution < 1.29 is 19.9 Å². The Balaban J connectivity index is 1.80. The molecule has 1 aliphatic carbocycles. The first-order valence-corrected chi connectivity index (χ1v) is 8.16. The van der Waals surface area contributed by atoms with Crippen LogP contribution < -0.4 is 5.73 Å². The van der Waals surface area contributed by atoms with Crippen molar-refractivity contribution in [2.75, 3.05) is 0 Å². The van der Waals surface area contributed by atoms with Gasteiger partial charge in [-0.15, -0.1) is 0 Å². The SMILES string of the molecule is N[C@@]1(C(=O)O)CC(c2ncnc3c2CC=N3)C[C@@H]1CCCB(O)O. The molecule has 1 unspecified atom stereocenters. The molecule has 0 spiro atoms. The molecule has 1 aliphatic heterocycles. The lowest BCUT2D eigenvalue weighted by atomic mass is 9.78. The van der Waals surface area contributed by atoms with Crippen LogP contribution in [0.3, 0.4) is 0 Å². The average Bonchev–Trinajstić information content (AvgIpc) is 3.12. The van der Waals surface area contributed by atoms with Crippen molar-refractivity contribution in [3.05, 3.63) is 17.6 Å². The Kier molecular flexibility index (Phi) is 4.66. The van der Waals surface area contributed by atoms with Crippen molar-refractivity contribution in [3.63, 3.8) is 0 Å². The number of hydrogen-bond acceptors (Lipinski definition) is 7. The summed E-state index contributed by atoms with van der Waals surface area (Å²) < 4.78 is 0. The molecule has 0 saturated heterocycles. The third-order valence-electron chi connectivity index (χ3n) is 5.15. The van der Waals surface area contributed by atoms with Crippen LogP contribution in [0.1, 0.15) is 42.9 Å². The maximum atomic E-state index is 11.8. The number of aliphatic imine (C=N–C) groups is 1. The van der Waals surface area contributed by atoms with E-state index in [4.69, 9.17) is 15.8 Å². The fourth-order valence-corrected chi connectivity index (χ4v) is 3.90. The van der Waals surface area contributed by atoms with E-state index in [0.29, 0.717) is 37.9 Å². The number of aliphatic carboxylic acids is 1. The number of nitrogens with two attached hydrogens (primary N) is 1. The maximum Gasteiger partial charge on any atom is 0.451 e. The van der Waals surface area contributed by atoms with Crippen molar-refractivity contribution in [3.8, 4) is 0 Å². The molecule has 3 atom stereocenters. The quantitative estimate of drug-likeness (QED) is 0.547. The van der Waals surface area contributed by atoms with Crippen LogP contribution in [0, 0.1) is 5.92 Å². The molecule has 2 heterocycles. The van der Waals surface area contributed by atoms with Crippen LogP contribution in [-0.4, -0.2) is 50.0 Å². The van der Waals surface area contributed by atoms with Crippen LogP contribution in [0.25, 0.3) is 0 Å². The van der Waals surface area contributed by atoms with Gasteiger partial charge in [0.25, 0.3) is 0 Å². The van der Waals surface area contributed by atoms with Crippen molar-refractivity contribution in [1.29, 1.82) is 0 Å². The highest BCUT2D eigenvalue weighted by Gasteiger charge is 2.51. The van der Waals surface area contributed by atoms with Gasteiger partial charge >= 0.3 is 13.1 Å². The van der Waals surface area contributed by atoms with E-state index < -0.39 is 18.6 Å². The van der Waals surface area contributed by atoms with Crippen LogP contribution in [0.5, 0.6) is 0 Å². The first kappa shape index (κ1) is 17.0. The topological polar surface area (TPSA) is 142 Å². The van der Waals surface area contributed by atoms with Crippen molar-refractivity contribution in [2.45, 2.75) is 49.9 Å². The molecule has 1 aromatic rings. The van der Waals surface area contributed by atoms with Crippen LogP contribution in [0.15, 0.2) is 11.3 Å². The third-order valence-corrected chi connectivity index (χ3v) is 5.15. The highest BCUT2D eigenvalue weighted by atomic mass is 16.4. The zero-order valence-corrected chi connectivity index (χ0v) is 13.3. The van der Waals surface area contributed by atoms with E-state index in [2.05, 4.69) is 15.0 Å². The van der Waals surface area contributed by atoms with Crippen molar-refractivity contribution in [1.82, 2.24) is 9.97 Å². The van der Waals surface area contributed by atoms with Crippen molar-refractivity contribution in [2.24, 2.45) is 16.6 Å². The summed E-state index contributed by atoms with van der Waals surface area (Å²) >= 11 is 0. The third kappa shape index (κ3) is 3.06. The van der Waals surface area contributed by atoms with E-state index in [1.54, 1.807) is 6.21 Å². The van der Waals surface area contributed by atoms with E-state index in [0.717, 1.165) is 11.3 Å². The molecule has 0 amide bonds. The number of carboxylic acid groups (broad SMARTS) is 1. The lowest BCUT2D eigenvalue weighted by Gasteiger charge is -2.26. The predicted molar refractivity (Wildman–Crippen MR) is 88.1 cm³/mol. The summed E-state index contributed by atoms with van der Waals surface area (Å²) in [7, 11) is -1.37. The monoisotopic (exact) mass is 332 g/mol. The second-order valence-corrected chi connectivity index (χ2v) is 6.67. The molecule has 0 aromatic carbocycles. The number of nitrogens with zero attached hydrogens (tertiary/aromatic N) is 3. The zero-order chi connectivity index (χ0) is 17.3. The van der Waals surface area contributed by atoms with Gasteiger partial charge in [0.2, 0.25) is 0 Å². The smallest absolute Gasteiger partial charge is 0.451 e. The molecule has 3 rings (SSSR count). The summed E-state index contributed by atoms with van der Waals surface area (Å²) in [5.74, 6) is -0.633. The second kappa shape index (κ2) is 6.58. The largest absolute Gasteiger partial charge is 0.480 e. The average molecular weight is 332 g/mol. The van der Waals surface area contributed by atoms with E-state index in [-0.39, 0.29) is 18.2 Å². The Morgan fingerprint density at radius 1 is 1.42 bits per heavy atom. The summed E-state index contributed by atoms with van der Waals surface area (Å²) in [6, 6.07) is 0. The number of rotatable bonds is 6. The number of carbonyl (C=O) groups is 1. The first-order chi connectivity index (χ1) is 11.4. The summed E-state index contributed by atoms with van der Waals surface area (Å²) in [6.45, 7) is 0. The molecule has 1 saturated carbocycles. The van der Waals surface area contributed by atoms with Gasteiger partial charge in [-0.3, -0.25) is 4.79 Å². The summed E-state index contributed by atoms with van der Waals surface area (Å²) in [6.07, 6.45) is 6.12. The Bertz CT molecular complexity index is 669. The lowest BCUT2D eigenvalue weighted by Crippen LogP contribution is -2.51.